The van der Waals surface area contributed by atoms with E-state index < -0.39 is 0 Å². The highest BCUT2D eigenvalue weighted by Gasteiger charge is 2.32. The van der Waals surface area contributed by atoms with Crippen molar-refractivity contribution >= 4 is 5.91 Å². The van der Waals surface area contributed by atoms with Crippen LogP contribution in [0.4, 0.5) is 0 Å². The molecule has 1 fully saturated rings. The van der Waals surface area contributed by atoms with Crippen molar-refractivity contribution in [3.63, 3.8) is 0 Å². The molecule has 1 rings (SSSR count). The number of carbonyl (C=O) groups excluding carboxylic acids is 1. The molecule has 0 atom stereocenters. The van der Waals surface area contributed by atoms with Crippen LogP contribution in [0.5, 0.6) is 0 Å². The van der Waals surface area contributed by atoms with Crippen molar-refractivity contribution in [3.05, 3.63) is 0 Å². The topological polar surface area (TPSA) is 46.3 Å². The highest BCUT2D eigenvalue weighted by Crippen LogP contribution is 2.28. The Kier molecular flexibility index (Phi) is 3.53. The second kappa shape index (κ2) is 4.30. The average Bonchev–Trinajstić information content (AvgIpc) is 2.68. The lowest BCUT2D eigenvalue weighted by Crippen LogP contribution is -2.51. The van der Waals surface area contributed by atoms with E-state index >= 15 is 0 Å². The van der Waals surface area contributed by atoms with Crippen molar-refractivity contribution in [2.75, 3.05) is 13.6 Å². The minimum Gasteiger partial charge on any atom is -0.339 e. The summed E-state index contributed by atoms with van der Waals surface area (Å²) in [4.78, 5) is 13.8. The molecule has 1 amide bonds. The molecule has 0 aliphatic heterocycles. The van der Waals surface area contributed by atoms with Crippen molar-refractivity contribution in [2.45, 2.75) is 45.1 Å². The maximum Gasteiger partial charge on any atom is 0.225 e. The number of hydrogen-bond donors (Lipinski definition) is 1. The first kappa shape index (κ1) is 11.5. The Morgan fingerprint density at radius 1 is 1.43 bits per heavy atom. The number of amides is 1. The van der Waals surface area contributed by atoms with Gasteiger partial charge in [0, 0.05) is 25.0 Å². The summed E-state index contributed by atoms with van der Waals surface area (Å²) in [6.45, 7) is 4.54. The molecule has 0 unspecified atom stereocenters. The Labute approximate surface area is 86.6 Å². The van der Waals surface area contributed by atoms with Crippen LogP contribution in [0.3, 0.4) is 0 Å². The van der Waals surface area contributed by atoms with Crippen LogP contribution >= 0.6 is 0 Å². The Hall–Kier alpha value is -0.570. The zero-order valence-electron chi connectivity index (χ0n) is 9.55. The van der Waals surface area contributed by atoms with Crippen molar-refractivity contribution < 1.29 is 4.79 Å². The summed E-state index contributed by atoms with van der Waals surface area (Å²) in [7, 11) is 1.87. The van der Waals surface area contributed by atoms with Crippen molar-refractivity contribution in [1.29, 1.82) is 0 Å². The SMILES string of the molecule is CN(C(=O)C1CCCC1)C(C)(C)CN. The summed E-state index contributed by atoms with van der Waals surface area (Å²) in [6, 6.07) is 0. The molecule has 0 aromatic carbocycles. The van der Waals surface area contributed by atoms with Crippen molar-refractivity contribution in [1.82, 2.24) is 4.90 Å². The van der Waals surface area contributed by atoms with Crippen LogP contribution in [0.1, 0.15) is 39.5 Å². The predicted octanol–water partition coefficient (Wildman–Crippen LogP) is 1.37. The molecular formula is C11H22N2O. The Balaban J connectivity index is 2.59. The summed E-state index contributed by atoms with van der Waals surface area (Å²) >= 11 is 0. The van der Waals surface area contributed by atoms with Crippen LogP contribution in [-0.4, -0.2) is 29.9 Å². The number of nitrogens with zero attached hydrogens (tertiary/aromatic N) is 1. The lowest BCUT2D eigenvalue weighted by atomic mass is 9.99. The van der Waals surface area contributed by atoms with E-state index in [2.05, 4.69) is 0 Å². The van der Waals surface area contributed by atoms with Gasteiger partial charge in [0.15, 0.2) is 0 Å². The monoisotopic (exact) mass is 198 g/mol. The molecule has 2 N–H and O–H groups in total. The van der Waals surface area contributed by atoms with Gasteiger partial charge in [0.1, 0.15) is 0 Å². The highest BCUT2D eigenvalue weighted by molar-refractivity contribution is 5.79. The molecule has 0 heterocycles. The third-order valence-corrected chi connectivity index (χ3v) is 3.44. The van der Waals surface area contributed by atoms with Gasteiger partial charge in [-0.3, -0.25) is 4.79 Å². The summed E-state index contributed by atoms with van der Waals surface area (Å²) in [6.07, 6.45) is 4.52. The molecule has 0 saturated heterocycles. The minimum absolute atomic E-state index is 0.209. The first-order valence-corrected chi connectivity index (χ1v) is 5.47. The molecule has 1 saturated carbocycles. The van der Waals surface area contributed by atoms with Gasteiger partial charge in [0.25, 0.3) is 0 Å². The van der Waals surface area contributed by atoms with Gasteiger partial charge in [-0.25, -0.2) is 0 Å². The van der Waals surface area contributed by atoms with E-state index in [0.717, 1.165) is 12.8 Å². The zero-order valence-corrected chi connectivity index (χ0v) is 9.55. The van der Waals surface area contributed by atoms with Crippen LogP contribution in [0.2, 0.25) is 0 Å². The van der Waals surface area contributed by atoms with Gasteiger partial charge in [-0.2, -0.15) is 0 Å². The fraction of sp³-hybridized carbons (Fsp3) is 0.909. The van der Waals surface area contributed by atoms with Crippen LogP contribution in [-0.2, 0) is 4.79 Å². The predicted molar refractivity (Wildman–Crippen MR) is 57.9 cm³/mol. The molecule has 0 aromatic heterocycles. The zero-order chi connectivity index (χ0) is 10.8. The Morgan fingerprint density at radius 2 is 1.93 bits per heavy atom. The summed E-state index contributed by atoms with van der Waals surface area (Å²) in [5.74, 6) is 0.531. The van der Waals surface area contributed by atoms with E-state index in [4.69, 9.17) is 5.73 Å². The van der Waals surface area contributed by atoms with Gasteiger partial charge in [-0.1, -0.05) is 12.8 Å². The lowest BCUT2D eigenvalue weighted by molar-refractivity contribution is -0.138. The molecule has 0 radical (unpaired) electrons. The van der Waals surface area contributed by atoms with Crippen LogP contribution < -0.4 is 5.73 Å². The Bertz CT molecular complexity index is 207. The smallest absolute Gasteiger partial charge is 0.225 e. The fourth-order valence-corrected chi connectivity index (χ4v) is 1.88. The van der Waals surface area contributed by atoms with E-state index in [0.29, 0.717) is 6.54 Å². The molecule has 0 bridgehead atoms. The second-order valence-corrected chi connectivity index (χ2v) is 4.90. The molecule has 3 heteroatoms. The normalized spacial score (nSPS) is 18.6. The maximum absolute atomic E-state index is 12.0. The van der Waals surface area contributed by atoms with Crippen LogP contribution in [0, 0.1) is 5.92 Å². The fourth-order valence-electron chi connectivity index (χ4n) is 1.88. The highest BCUT2D eigenvalue weighted by atomic mass is 16.2. The van der Waals surface area contributed by atoms with Crippen molar-refractivity contribution in [2.24, 2.45) is 11.7 Å². The minimum atomic E-state index is -0.209. The third kappa shape index (κ3) is 2.27. The third-order valence-electron chi connectivity index (χ3n) is 3.44. The van der Waals surface area contributed by atoms with E-state index in [1.165, 1.54) is 12.8 Å². The molecule has 1 aliphatic carbocycles. The van der Waals surface area contributed by atoms with Gasteiger partial charge in [0.05, 0.1) is 0 Å². The van der Waals surface area contributed by atoms with Gasteiger partial charge in [0.2, 0.25) is 5.91 Å². The van der Waals surface area contributed by atoms with E-state index in [1.807, 2.05) is 25.8 Å². The average molecular weight is 198 g/mol. The first-order chi connectivity index (χ1) is 6.49. The molecule has 1 aliphatic rings. The van der Waals surface area contributed by atoms with Gasteiger partial charge >= 0.3 is 0 Å². The standard InChI is InChI=1S/C11H22N2O/c1-11(2,8-12)13(3)10(14)9-6-4-5-7-9/h9H,4-8,12H2,1-3H3. The molecule has 3 nitrogen and oxygen atoms in total. The summed E-state index contributed by atoms with van der Waals surface area (Å²) in [5.41, 5.74) is 5.44. The van der Waals surface area contributed by atoms with E-state index in [-0.39, 0.29) is 17.4 Å². The molecule has 14 heavy (non-hydrogen) atoms. The van der Waals surface area contributed by atoms with Gasteiger partial charge in [-0.15, -0.1) is 0 Å². The lowest BCUT2D eigenvalue weighted by Gasteiger charge is -2.36. The van der Waals surface area contributed by atoms with E-state index in [1.54, 1.807) is 0 Å². The van der Waals surface area contributed by atoms with Gasteiger partial charge < -0.3 is 10.6 Å². The number of nitrogens with two attached hydrogens (primary N) is 1. The number of hydrogen-bond acceptors (Lipinski definition) is 2. The molecule has 82 valence electrons. The van der Waals surface area contributed by atoms with Gasteiger partial charge in [-0.05, 0) is 26.7 Å². The first-order valence-electron chi connectivity index (χ1n) is 5.47. The Morgan fingerprint density at radius 3 is 2.36 bits per heavy atom. The van der Waals surface area contributed by atoms with Crippen LogP contribution in [0.15, 0.2) is 0 Å². The van der Waals surface area contributed by atoms with E-state index in [9.17, 15) is 4.79 Å². The number of rotatable bonds is 3. The molecule has 0 spiro atoms. The van der Waals surface area contributed by atoms with Crippen molar-refractivity contribution in [3.8, 4) is 0 Å². The largest absolute Gasteiger partial charge is 0.339 e. The molecule has 0 aromatic rings. The quantitative estimate of drug-likeness (QED) is 0.744. The molecular weight excluding hydrogens is 176 g/mol. The maximum atomic E-state index is 12.0. The van der Waals surface area contributed by atoms with Crippen LogP contribution in [0.25, 0.3) is 0 Å². The number of carbonyl (C=O) groups is 1. The summed E-state index contributed by atoms with van der Waals surface area (Å²) in [5, 5.41) is 0. The number of likely N-dealkylation sites (N-methyl/N-ethyl adjacent to an activating group) is 1. The second-order valence-electron chi connectivity index (χ2n) is 4.90. The summed E-state index contributed by atoms with van der Waals surface area (Å²) < 4.78 is 0.